The van der Waals surface area contributed by atoms with Crippen LogP contribution in [-0.4, -0.2) is 28.6 Å². The van der Waals surface area contributed by atoms with Crippen molar-refractivity contribution >= 4 is 34.5 Å². The molecule has 2 atom stereocenters. The number of esters is 2. The highest BCUT2D eigenvalue weighted by Crippen LogP contribution is 2.29. The maximum Gasteiger partial charge on any atom is 0.313 e. The quantitative estimate of drug-likeness (QED) is 0.251. The molecule has 0 aromatic heterocycles. The van der Waals surface area contributed by atoms with Gasteiger partial charge in [-0.25, -0.2) is 0 Å². The van der Waals surface area contributed by atoms with E-state index in [-0.39, 0.29) is 18.6 Å². The molecule has 0 bridgehead atoms. The number of hydrogen-bond acceptors (Lipinski definition) is 4. The Hall–Kier alpha value is -0.430. The van der Waals surface area contributed by atoms with Gasteiger partial charge in [-0.3, -0.25) is 9.59 Å². The fourth-order valence-corrected chi connectivity index (χ4v) is 2.40. The molecule has 0 aromatic rings. The van der Waals surface area contributed by atoms with E-state index in [1.165, 1.54) is 6.92 Å². The van der Waals surface area contributed by atoms with E-state index >= 15 is 0 Å². The third-order valence-corrected chi connectivity index (χ3v) is 3.22. The Morgan fingerprint density at radius 1 is 1.53 bits per heavy atom. The molecule has 1 heterocycles. The molecule has 1 saturated heterocycles. The smallest absolute Gasteiger partial charge is 0.313 e. The topological polar surface area (TPSA) is 52.6 Å². The second kappa shape index (κ2) is 7.10. The molecular formula is C12H17IO4. The molecule has 1 fully saturated rings. The Balaban J connectivity index is 2.28. The molecule has 17 heavy (non-hydrogen) atoms. The van der Waals surface area contributed by atoms with Crippen molar-refractivity contribution in [3.05, 3.63) is 12.2 Å². The van der Waals surface area contributed by atoms with E-state index in [0.29, 0.717) is 6.42 Å². The predicted molar refractivity (Wildman–Crippen MR) is 71.9 cm³/mol. The molecule has 0 aromatic carbocycles. The number of ether oxygens (including phenoxy) is 2. The normalized spacial score (nSPS) is 23.8. The van der Waals surface area contributed by atoms with Crippen LogP contribution in [0.2, 0.25) is 0 Å². The summed E-state index contributed by atoms with van der Waals surface area (Å²) < 4.78 is 11.3. The first-order valence-electron chi connectivity index (χ1n) is 5.63. The minimum atomic E-state index is -0.561. The van der Waals surface area contributed by atoms with Gasteiger partial charge in [0.2, 0.25) is 0 Å². The van der Waals surface area contributed by atoms with Crippen LogP contribution in [0.5, 0.6) is 0 Å². The first-order valence-corrected chi connectivity index (χ1v) is 7.15. The summed E-state index contributed by atoms with van der Waals surface area (Å²) >= 11 is 2.31. The number of hydrogen-bond donors (Lipinski definition) is 0. The van der Waals surface area contributed by atoms with Crippen molar-refractivity contribution in [1.82, 2.24) is 0 Å². The monoisotopic (exact) mass is 352 g/mol. The first-order chi connectivity index (χ1) is 8.02. The summed E-state index contributed by atoms with van der Waals surface area (Å²) in [6.45, 7) is 5.21. The predicted octanol–water partition coefficient (Wildman–Crippen LogP) is 2.40. The standard InChI is InChI=1S/C12H17IO4/c1-8-7-10(17-11(8)5-6-13)3-4-12(15)16-9(2)14/h10-11H,1,3-7H2,2H3/t10-,11?/m0/s1. The molecule has 96 valence electrons. The van der Waals surface area contributed by atoms with E-state index in [2.05, 4.69) is 33.9 Å². The van der Waals surface area contributed by atoms with E-state index in [1.807, 2.05) is 0 Å². The lowest BCUT2D eigenvalue weighted by Crippen LogP contribution is -2.15. The summed E-state index contributed by atoms with van der Waals surface area (Å²) in [4.78, 5) is 21.7. The van der Waals surface area contributed by atoms with Crippen LogP contribution in [0, 0.1) is 0 Å². The van der Waals surface area contributed by atoms with Gasteiger partial charge < -0.3 is 9.47 Å². The lowest BCUT2D eigenvalue weighted by molar-refractivity contribution is -0.158. The summed E-state index contributed by atoms with van der Waals surface area (Å²) in [6.07, 6.45) is 2.73. The number of alkyl halides is 1. The highest BCUT2D eigenvalue weighted by atomic mass is 127. The minimum Gasteiger partial charge on any atom is -0.393 e. The van der Waals surface area contributed by atoms with Gasteiger partial charge in [0.25, 0.3) is 0 Å². The third-order valence-electron chi connectivity index (χ3n) is 2.60. The molecule has 0 saturated carbocycles. The molecule has 0 amide bonds. The van der Waals surface area contributed by atoms with Gasteiger partial charge in [-0.2, -0.15) is 0 Å². The molecule has 1 aliphatic rings. The largest absolute Gasteiger partial charge is 0.393 e. The van der Waals surface area contributed by atoms with Crippen molar-refractivity contribution in [3.63, 3.8) is 0 Å². The summed E-state index contributed by atoms with van der Waals surface area (Å²) in [7, 11) is 0. The maximum absolute atomic E-state index is 11.2. The zero-order valence-electron chi connectivity index (χ0n) is 9.91. The van der Waals surface area contributed by atoms with Crippen molar-refractivity contribution in [2.45, 2.75) is 44.8 Å². The number of halogens is 1. The van der Waals surface area contributed by atoms with Gasteiger partial charge in [-0.15, -0.1) is 0 Å². The van der Waals surface area contributed by atoms with Crippen molar-refractivity contribution in [1.29, 1.82) is 0 Å². The van der Waals surface area contributed by atoms with Crippen LogP contribution in [0.1, 0.15) is 32.6 Å². The van der Waals surface area contributed by atoms with E-state index in [0.717, 1.165) is 22.8 Å². The minimum absolute atomic E-state index is 0.0370. The van der Waals surface area contributed by atoms with Crippen molar-refractivity contribution in [2.24, 2.45) is 0 Å². The lowest BCUT2D eigenvalue weighted by atomic mass is 10.1. The molecule has 0 spiro atoms. The van der Waals surface area contributed by atoms with Crippen LogP contribution >= 0.6 is 22.6 Å². The molecule has 0 aliphatic carbocycles. The van der Waals surface area contributed by atoms with Gasteiger partial charge in [0.15, 0.2) is 0 Å². The highest BCUT2D eigenvalue weighted by Gasteiger charge is 2.28. The number of carbonyl (C=O) groups is 2. The van der Waals surface area contributed by atoms with Crippen molar-refractivity contribution in [3.8, 4) is 0 Å². The van der Waals surface area contributed by atoms with Gasteiger partial charge in [0.05, 0.1) is 12.2 Å². The fraction of sp³-hybridized carbons (Fsp3) is 0.667. The third kappa shape index (κ3) is 5.16. The van der Waals surface area contributed by atoms with Gasteiger partial charge in [0.1, 0.15) is 0 Å². The van der Waals surface area contributed by atoms with Crippen LogP contribution in [-0.2, 0) is 19.1 Å². The Morgan fingerprint density at radius 3 is 2.82 bits per heavy atom. The Morgan fingerprint density at radius 2 is 2.24 bits per heavy atom. The maximum atomic E-state index is 11.2. The van der Waals surface area contributed by atoms with Gasteiger partial charge in [-0.1, -0.05) is 29.2 Å². The fourth-order valence-electron chi connectivity index (χ4n) is 1.83. The lowest BCUT2D eigenvalue weighted by Gasteiger charge is -2.11. The second-order valence-electron chi connectivity index (χ2n) is 4.09. The van der Waals surface area contributed by atoms with Crippen LogP contribution in [0.4, 0.5) is 0 Å². The van der Waals surface area contributed by atoms with Crippen molar-refractivity contribution in [2.75, 3.05) is 4.43 Å². The van der Waals surface area contributed by atoms with Crippen LogP contribution in [0.15, 0.2) is 12.2 Å². The van der Waals surface area contributed by atoms with Gasteiger partial charge in [0, 0.05) is 17.8 Å². The molecule has 1 aliphatic heterocycles. The van der Waals surface area contributed by atoms with Crippen molar-refractivity contribution < 1.29 is 19.1 Å². The van der Waals surface area contributed by atoms with E-state index < -0.39 is 11.9 Å². The van der Waals surface area contributed by atoms with Crippen LogP contribution in [0.25, 0.3) is 0 Å². The second-order valence-corrected chi connectivity index (χ2v) is 5.17. The average Bonchev–Trinajstić information content (AvgIpc) is 2.57. The SMILES string of the molecule is C=C1C[C@H](CCC(=O)OC(C)=O)OC1CCI. The van der Waals surface area contributed by atoms with E-state index in [9.17, 15) is 9.59 Å². The average molecular weight is 352 g/mol. The molecule has 4 nitrogen and oxygen atoms in total. The Bertz CT molecular complexity index is 314. The molecule has 1 unspecified atom stereocenters. The molecule has 0 N–H and O–H groups in total. The van der Waals surface area contributed by atoms with E-state index in [1.54, 1.807) is 0 Å². The number of rotatable bonds is 5. The Kier molecular flexibility index (Phi) is 6.11. The summed E-state index contributed by atoms with van der Waals surface area (Å²) in [5.74, 6) is -1.04. The summed E-state index contributed by atoms with van der Waals surface area (Å²) in [5, 5.41) is 0. The zero-order chi connectivity index (χ0) is 12.8. The van der Waals surface area contributed by atoms with Gasteiger partial charge in [-0.05, 0) is 24.8 Å². The molecular weight excluding hydrogens is 335 g/mol. The van der Waals surface area contributed by atoms with Crippen LogP contribution in [0.3, 0.4) is 0 Å². The van der Waals surface area contributed by atoms with Gasteiger partial charge >= 0.3 is 11.9 Å². The molecule has 5 heteroatoms. The highest BCUT2D eigenvalue weighted by molar-refractivity contribution is 14.1. The summed E-state index contributed by atoms with van der Waals surface area (Å²) in [5.41, 5.74) is 1.10. The number of carbonyl (C=O) groups excluding carboxylic acids is 2. The molecule has 0 radical (unpaired) electrons. The summed E-state index contributed by atoms with van der Waals surface area (Å²) in [6, 6.07) is 0. The zero-order valence-corrected chi connectivity index (χ0v) is 12.1. The van der Waals surface area contributed by atoms with Crippen LogP contribution < -0.4 is 0 Å². The van der Waals surface area contributed by atoms with E-state index in [4.69, 9.17) is 4.74 Å². The first kappa shape index (κ1) is 14.6. The molecule has 1 rings (SSSR count). The Labute approximate surface area is 115 Å².